The molecule has 2 N–H and O–H groups in total. The number of ether oxygens (including phenoxy) is 1. The predicted octanol–water partition coefficient (Wildman–Crippen LogP) is 3.71. The van der Waals surface area contributed by atoms with Crippen LogP contribution < -0.4 is 9.46 Å². The lowest BCUT2D eigenvalue weighted by Gasteiger charge is -2.11. The zero-order valence-electron chi connectivity index (χ0n) is 16.6. The van der Waals surface area contributed by atoms with Crippen LogP contribution in [0, 0.1) is 13.8 Å². The van der Waals surface area contributed by atoms with Gasteiger partial charge in [-0.25, -0.2) is 17.9 Å². The summed E-state index contributed by atoms with van der Waals surface area (Å²) in [7, 11) is -3.82. The molecule has 0 saturated carbocycles. The maximum absolute atomic E-state index is 12.6. The Balaban J connectivity index is 1.62. The van der Waals surface area contributed by atoms with Crippen LogP contribution in [0.15, 0.2) is 65.8 Å². The minimum Gasteiger partial charge on any atom is -0.478 e. The predicted molar refractivity (Wildman–Crippen MR) is 113 cm³/mol. The maximum Gasteiger partial charge on any atom is 0.336 e. The molecule has 0 aliphatic heterocycles. The largest absolute Gasteiger partial charge is 0.478 e. The van der Waals surface area contributed by atoms with Gasteiger partial charge in [0, 0.05) is 12.7 Å². The molecular formula is C22H22N2O5S. The molecule has 0 atom stereocenters. The number of sulfonamides is 1. The van der Waals surface area contributed by atoms with Gasteiger partial charge < -0.3 is 9.84 Å². The minimum absolute atomic E-state index is 0.0143. The van der Waals surface area contributed by atoms with Crippen LogP contribution in [-0.4, -0.2) is 31.0 Å². The van der Waals surface area contributed by atoms with Crippen molar-refractivity contribution in [1.82, 2.24) is 9.71 Å². The Hall–Kier alpha value is -3.23. The number of carboxylic acid groups (broad SMARTS) is 1. The lowest BCUT2D eigenvalue weighted by molar-refractivity contribution is 0.0695. The second-order valence-corrected chi connectivity index (χ2v) is 8.57. The van der Waals surface area contributed by atoms with Crippen LogP contribution in [0.2, 0.25) is 0 Å². The third-order valence-electron chi connectivity index (χ3n) is 4.68. The third-order valence-corrected chi connectivity index (χ3v) is 6.12. The van der Waals surface area contributed by atoms with E-state index in [1.807, 2.05) is 12.1 Å². The molecule has 7 nitrogen and oxygen atoms in total. The van der Waals surface area contributed by atoms with E-state index in [0.29, 0.717) is 29.0 Å². The molecule has 1 aromatic heterocycles. The average molecular weight is 426 g/mol. The standard InChI is InChI=1S/C22H22N2O5S/c1-15-12-20(13-21(16(15)2)22(25)26)30(27,28)24-11-9-17-5-7-18(8-6-17)29-19-4-3-10-23-14-19/h3-8,10,12-14,24H,9,11H2,1-2H3,(H,25,26). The molecule has 0 bridgehead atoms. The first-order valence-electron chi connectivity index (χ1n) is 9.27. The van der Waals surface area contributed by atoms with Gasteiger partial charge in [-0.1, -0.05) is 12.1 Å². The Kier molecular flexibility index (Phi) is 6.49. The highest BCUT2D eigenvalue weighted by atomic mass is 32.2. The summed E-state index contributed by atoms with van der Waals surface area (Å²) in [5.41, 5.74) is 2.08. The quantitative estimate of drug-likeness (QED) is 0.569. The summed E-state index contributed by atoms with van der Waals surface area (Å²) < 4.78 is 33.4. The monoisotopic (exact) mass is 426 g/mol. The molecule has 0 aliphatic carbocycles. The number of nitrogens with one attached hydrogen (secondary N) is 1. The number of pyridine rings is 1. The second kappa shape index (κ2) is 9.06. The van der Waals surface area contributed by atoms with Crippen LogP contribution in [0.4, 0.5) is 0 Å². The van der Waals surface area contributed by atoms with E-state index in [0.717, 1.165) is 5.56 Å². The van der Waals surface area contributed by atoms with E-state index in [1.54, 1.807) is 50.5 Å². The van der Waals surface area contributed by atoms with Crippen molar-refractivity contribution >= 4 is 16.0 Å². The number of benzene rings is 2. The Morgan fingerprint density at radius 1 is 1.10 bits per heavy atom. The number of hydrogen-bond donors (Lipinski definition) is 2. The van der Waals surface area contributed by atoms with E-state index < -0.39 is 16.0 Å². The molecule has 2 aromatic carbocycles. The molecule has 8 heteroatoms. The fourth-order valence-corrected chi connectivity index (χ4v) is 4.03. The Morgan fingerprint density at radius 2 is 1.83 bits per heavy atom. The number of rotatable bonds is 8. The van der Waals surface area contributed by atoms with Crippen molar-refractivity contribution < 1.29 is 23.1 Å². The fraction of sp³-hybridized carbons (Fsp3) is 0.182. The van der Waals surface area contributed by atoms with Crippen LogP contribution in [0.5, 0.6) is 11.5 Å². The molecule has 3 aromatic rings. The lowest BCUT2D eigenvalue weighted by atomic mass is 10.0. The molecule has 0 aliphatic rings. The topological polar surface area (TPSA) is 106 Å². The van der Waals surface area contributed by atoms with Crippen molar-refractivity contribution in [3.05, 3.63) is 83.2 Å². The highest BCUT2D eigenvalue weighted by molar-refractivity contribution is 7.89. The zero-order chi connectivity index (χ0) is 21.7. The van der Waals surface area contributed by atoms with Crippen LogP contribution in [0.3, 0.4) is 0 Å². The van der Waals surface area contributed by atoms with Gasteiger partial charge in [-0.2, -0.15) is 0 Å². The molecule has 30 heavy (non-hydrogen) atoms. The molecule has 0 spiro atoms. The van der Waals surface area contributed by atoms with Crippen molar-refractivity contribution in [1.29, 1.82) is 0 Å². The number of carbonyl (C=O) groups is 1. The molecule has 0 radical (unpaired) electrons. The Morgan fingerprint density at radius 3 is 2.47 bits per heavy atom. The highest BCUT2D eigenvalue weighted by Gasteiger charge is 2.19. The smallest absolute Gasteiger partial charge is 0.336 e. The van der Waals surface area contributed by atoms with Gasteiger partial charge in [0.15, 0.2) is 0 Å². The maximum atomic E-state index is 12.6. The van der Waals surface area contributed by atoms with E-state index >= 15 is 0 Å². The number of hydrogen-bond acceptors (Lipinski definition) is 5. The number of aryl methyl sites for hydroxylation is 1. The fourth-order valence-electron chi connectivity index (χ4n) is 2.88. The molecule has 156 valence electrons. The minimum atomic E-state index is -3.82. The summed E-state index contributed by atoms with van der Waals surface area (Å²) in [4.78, 5) is 15.3. The second-order valence-electron chi connectivity index (χ2n) is 6.80. The summed E-state index contributed by atoms with van der Waals surface area (Å²) in [6.45, 7) is 3.53. The number of aromatic carboxylic acids is 1. The van der Waals surface area contributed by atoms with Gasteiger partial charge in [-0.15, -0.1) is 0 Å². The van der Waals surface area contributed by atoms with Gasteiger partial charge in [-0.3, -0.25) is 4.98 Å². The first kappa shape index (κ1) is 21.5. The molecule has 0 fully saturated rings. The van der Waals surface area contributed by atoms with Crippen molar-refractivity contribution in [2.45, 2.75) is 25.2 Å². The SMILES string of the molecule is Cc1cc(S(=O)(=O)NCCc2ccc(Oc3cccnc3)cc2)cc(C(=O)O)c1C. The normalized spacial score (nSPS) is 11.3. The molecule has 0 saturated heterocycles. The number of nitrogens with zero attached hydrogens (tertiary/aromatic N) is 1. The number of aromatic nitrogens is 1. The summed E-state index contributed by atoms with van der Waals surface area (Å²) in [6.07, 6.45) is 3.76. The molecule has 0 unspecified atom stereocenters. The van der Waals surface area contributed by atoms with E-state index in [9.17, 15) is 18.3 Å². The Labute approximate surface area is 175 Å². The van der Waals surface area contributed by atoms with Crippen LogP contribution in [0.25, 0.3) is 0 Å². The zero-order valence-corrected chi connectivity index (χ0v) is 17.4. The third kappa shape index (κ3) is 5.22. The first-order chi connectivity index (χ1) is 14.3. The molecule has 3 rings (SSSR count). The summed E-state index contributed by atoms with van der Waals surface area (Å²) in [5.74, 6) is 0.136. The molecule has 1 heterocycles. The number of carboxylic acids is 1. The van der Waals surface area contributed by atoms with Gasteiger partial charge >= 0.3 is 5.97 Å². The van der Waals surface area contributed by atoms with Gasteiger partial charge in [-0.05, 0) is 73.4 Å². The molecular weight excluding hydrogens is 404 g/mol. The average Bonchev–Trinajstić information content (AvgIpc) is 2.71. The van der Waals surface area contributed by atoms with Crippen molar-refractivity contribution in [2.24, 2.45) is 0 Å². The van der Waals surface area contributed by atoms with Crippen molar-refractivity contribution in [2.75, 3.05) is 6.54 Å². The summed E-state index contributed by atoms with van der Waals surface area (Å²) in [5, 5.41) is 9.29. The lowest BCUT2D eigenvalue weighted by Crippen LogP contribution is -2.26. The molecule has 0 amide bonds. The van der Waals surface area contributed by atoms with Crippen LogP contribution in [0.1, 0.15) is 27.0 Å². The van der Waals surface area contributed by atoms with Crippen molar-refractivity contribution in [3.63, 3.8) is 0 Å². The van der Waals surface area contributed by atoms with E-state index in [4.69, 9.17) is 4.74 Å². The summed E-state index contributed by atoms with van der Waals surface area (Å²) >= 11 is 0. The van der Waals surface area contributed by atoms with Gasteiger partial charge in [0.1, 0.15) is 11.5 Å². The van der Waals surface area contributed by atoms with Crippen molar-refractivity contribution in [3.8, 4) is 11.5 Å². The van der Waals surface area contributed by atoms with E-state index in [1.165, 1.54) is 12.1 Å². The first-order valence-corrected chi connectivity index (χ1v) is 10.8. The van der Waals surface area contributed by atoms with Gasteiger partial charge in [0.25, 0.3) is 0 Å². The van der Waals surface area contributed by atoms with Gasteiger partial charge in [0.05, 0.1) is 16.7 Å². The van der Waals surface area contributed by atoms with E-state index in [2.05, 4.69) is 9.71 Å². The van der Waals surface area contributed by atoms with Crippen LogP contribution >= 0.6 is 0 Å². The Bertz CT molecular complexity index is 1140. The van der Waals surface area contributed by atoms with E-state index in [-0.39, 0.29) is 17.0 Å². The summed E-state index contributed by atoms with van der Waals surface area (Å²) in [6, 6.07) is 13.6. The van der Waals surface area contributed by atoms with Crippen LogP contribution in [-0.2, 0) is 16.4 Å². The van der Waals surface area contributed by atoms with Gasteiger partial charge in [0.2, 0.25) is 10.0 Å². The highest BCUT2D eigenvalue weighted by Crippen LogP contribution is 2.21.